The van der Waals surface area contributed by atoms with E-state index in [9.17, 15) is 9.59 Å². The molecule has 0 unspecified atom stereocenters. The number of anilines is 1. The third kappa shape index (κ3) is 5.45. The molecule has 3 aromatic rings. The van der Waals surface area contributed by atoms with E-state index in [1.54, 1.807) is 36.6 Å². The normalized spacial score (nSPS) is 12.0. The molecule has 0 saturated heterocycles. The molecule has 1 aromatic carbocycles. The summed E-state index contributed by atoms with van der Waals surface area (Å²) in [5.41, 5.74) is 3.45. The van der Waals surface area contributed by atoms with Crippen molar-refractivity contribution in [3.8, 4) is 5.75 Å². The molecular weight excluding hydrogens is 396 g/mol. The number of hydrogen-bond donors (Lipinski definition) is 1. The lowest BCUT2D eigenvalue weighted by molar-refractivity contribution is -0.148. The molecule has 0 aliphatic carbocycles. The minimum absolute atomic E-state index is 0.442. The van der Waals surface area contributed by atoms with Crippen LogP contribution in [0.4, 0.5) is 5.69 Å². The molecule has 1 atom stereocenters. The highest BCUT2D eigenvalue weighted by atomic mass is 16.5. The number of aryl methyl sites for hydroxylation is 1. The van der Waals surface area contributed by atoms with Crippen molar-refractivity contribution in [2.75, 3.05) is 12.4 Å². The molecule has 31 heavy (non-hydrogen) atoms. The first kappa shape index (κ1) is 22.0. The molecule has 3 rings (SSSR count). The van der Waals surface area contributed by atoms with Crippen LogP contribution in [-0.2, 0) is 20.9 Å². The van der Waals surface area contributed by atoms with Gasteiger partial charge in [0, 0.05) is 17.5 Å². The Hall–Kier alpha value is -3.74. The Morgan fingerprint density at radius 3 is 2.68 bits per heavy atom. The third-order valence-electron chi connectivity index (χ3n) is 4.93. The van der Waals surface area contributed by atoms with E-state index in [4.69, 9.17) is 13.9 Å². The maximum Gasteiger partial charge on any atom is 0.331 e. The first-order valence-electron chi connectivity index (χ1n) is 9.90. The molecule has 2 heterocycles. The second-order valence-electron chi connectivity index (χ2n) is 7.09. The SMILES string of the molecule is COc1ccccc1NC(=O)[C@H](C)OC(=O)/C=C/c1cc(C)n(Cc2ccco2)c1C. The van der Waals surface area contributed by atoms with E-state index in [0.29, 0.717) is 18.0 Å². The summed E-state index contributed by atoms with van der Waals surface area (Å²) in [5, 5.41) is 2.70. The molecule has 7 heteroatoms. The van der Waals surface area contributed by atoms with Crippen LogP contribution in [0.2, 0.25) is 0 Å². The van der Waals surface area contributed by atoms with Crippen LogP contribution in [0.3, 0.4) is 0 Å². The molecule has 0 bridgehead atoms. The van der Waals surface area contributed by atoms with Gasteiger partial charge in [-0.05, 0) is 62.7 Å². The fourth-order valence-corrected chi connectivity index (χ4v) is 3.21. The highest BCUT2D eigenvalue weighted by Gasteiger charge is 2.18. The van der Waals surface area contributed by atoms with E-state index in [1.165, 1.54) is 20.1 Å². The molecular formula is C24H26N2O5. The van der Waals surface area contributed by atoms with Crippen molar-refractivity contribution in [3.05, 3.63) is 77.5 Å². The quantitative estimate of drug-likeness (QED) is 0.431. The molecule has 7 nitrogen and oxygen atoms in total. The average Bonchev–Trinajstić information content (AvgIpc) is 3.36. The summed E-state index contributed by atoms with van der Waals surface area (Å²) >= 11 is 0. The minimum atomic E-state index is -0.964. The number of aromatic nitrogens is 1. The van der Waals surface area contributed by atoms with Crippen molar-refractivity contribution in [2.24, 2.45) is 0 Å². The monoisotopic (exact) mass is 422 g/mol. The van der Waals surface area contributed by atoms with Gasteiger partial charge in [0.2, 0.25) is 0 Å². The topological polar surface area (TPSA) is 82.7 Å². The number of furan rings is 1. The summed E-state index contributed by atoms with van der Waals surface area (Å²) in [6.45, 7) is 6.11. The van der Waals surface area contributed by atoms with E-state index in [2.05, 4.69) is 9.88 Å². The van der Waals surface area contributed by atoms with E-state index in [-0.39, 0.29) is 0 Å². The van der Waals surface area contributed by atoms with Crippen LogP contribution in [0.15, 0.2) is 59.2 Å². The molecule has 0 aliphatic heterocycles. The molecule has 0 fully saturated rings. The molecule has 2 aromatic heterocycles. The Morgan fingerprint density at radius 2 is 1.97 bits per heavy atom. The molecule has 0 aliphatic rings. The van der Waals surface area contributed by atoms with Crippen LogP contribution in [-0.4, -0.2) is 29.7 Å². The number of amides is 1. The maximum atomic E-state index is 12.4. The van der Waals surface area contributed by atoms with Gasteiger partial charge in [-0.25, -0.2) is 4.79 Å². The smallest absolute Gasteiger partial charge is 0.331 e. The summed E-state index contributed by atoms with van der Waals surface area (Å²) in [6.07, 6.45) is 3.69. The van der Waals surface area contributed by atoms with Gasteiger partial charge in [-0.2, -0.15) is 0 Å². The van der Waals surface area contributed by atoms with Gasteiger partial charge in [0.15, 0.2) is 6.10 Å². The molecule has 1 amide bonds. The van der Waals surface area contributed by atoms with Crippen molar-refractivity contribution >= 4 is 23.6 Å². The van der Waals surface area contributed by atoms with Crippen LogP contribution in [0.5, 0.6) is 5.75 Å². The van der Waals surface area contributed by atoms with Gasteiger partial charge in [-0.15, -0.1) is 0 Å². The first-order valence-corrected chi connectivity index (χ1v) is 9.90. The highest BCUT2D eigenvalue weighted by molar-refractivity contribution is 5.97. The molecule has 0 saturated carbocycles. The zero-order valence-corrected chi connectivity index (χ0v) is 18.0. The summed E-state index contributed by atoms with van der Waals surface area (Å²) in [5.74, 6) is 0.340. The van der Waals surface area contributed by atoms with Gasteiger partial charge < -0.3 is 23.8 Å². The number of carbonyl (C=O) groups is 2. The second kappa shape index (κ2) is 9.84. The highest BCUT2D eigenvalue weighted by Crippen LogP contribution is 2.23. The minimum Gasteiger partial charge on any atom is -0.495 e. The summed E-state index contributed by atoms with van der Waals surface area (Å²) in [7, 11) is 1.52. The Balaban J connectivity index is 1.60. The van der Waals surface area contributed by atoms with Crippen molar-refractivity contribution in [1.82, 2.24) is 4.57 Å². The summed E-state index contributed by atoms with van der Waals surface area (Å²) in [4.78, 5) is 24.6. The second-order valence-corrected chi connectivity index (χ2v) is 7.09. The number of ether oxygens (including phenoxy) is 2. The number of benzene rings is 1. The summed E-state index contributed by atoms with van der Waals surface area (Å²) < 4.78 is 18.0. The van der Waals surface area contributed by atoms with Crippen molar-refractivity contribution < 1.29 is 23.5 Å². The molecule has 162 valence electrons. The average molecular weight is 422 g/mol. The lowest BCUT2D eigenvalue weighted by Crippen LogP contribution is -2.29. The number of para-hydroxylation sites is 2. The van der Waals surface area contributed by atoms with E-state index >= 15 is 0 Å². The van der Waals surface area contributed by atoms with E-state index in [1.807, 2.05) is 32.0 Å². The Morgan fingerprint density at radius 1 is 1.19 bits per heavy atom. The number of rotatable bonds is 8. The van der Waals surface area contributed by atoms with E-state index in [0.717, 1.165) is 22.7 Å². The number of carbonyl (C=O) groups excluding carboxylic acids is 2. The van der Waals surface area contributed by atoms with Crippen molar-refractivity contribution in [3.63, 3.8) is 0 Å². The van der Waals surface area contributed by atoms with Crippen molar-refractivity contribution in [2.45, 2.75) is 33.4 Å². The predicted octanol–water partition coefficient (Wildman–Crippen LogP) is 4.34. The van der Waals surface area contributed by atoms with Crippen LogP contribution in [0.1, 0.15) is 29.6 Å². The zero-order valence-electron chi connectivity index (χ0n) is 18.0. The lowest BCUT2D eigenvalue weighted by Gasteiger charge is -2.14. The molecule has 1 N–H and O–H groups in total. The Bertz CT molecular complexity index is 1080. The standard InChI is InChI=1S/C24H26N2O5/c1-16-14-19(17(2)26(16)15-20-8-7-13-30-20)11-12-23(27)31-18(3)24(28)25-21-9-5-6-10-22(21)29-4/h5-14,18H,15H2,1-4H3,(H,25,28)/b12-11+/t18-/m0/s1. The van der Waals surface area contributed by atoms with Gasteiger partial charge in [0.25, 0.3) is 5.91 Å². The largest absolute Gasteiger partial charge is 0.495 e. The Kier molecular flexibility index (Phi) is 6.97. The number of esters is 1. The number of nitrogens with zero attached hydrogens (tertiary/aromatic N) is 1. The summed E-state index contributed by atoms with van der Waals surface area (Å²) in [6, 6.07) is 12.8. The van der Waals surface area contributed by atoms with E-state index < -0.39 is 18.0 Å². The predicted molar refractivity (Wildman–Crippen MR) is 118 cm³/mol. The van der Waals surface area contributed by atoms with Crippen LogP contribution >= 0.6 is 0 Å². The number of hydrogen-bond acceptors (Lipinski definition) is 5. The zero-order chi connectivity index (χ0) is 22.4. The maximum absolute atomic E-state index is 12.4. The number of nitrogens with one attached hydrogen (secondary N) is 1. The third-order valence-corrected chi connectivity index (χ3v) is 4.93. The first-order chi connectivity index (χ1) is 14.9. The number of methoxy groups -OCH3 is 1. The van der Waals surface area contributed by atoms with Gasteiger partial charge in [-0.1, -0.05) is 12.1 Å². The van der Waals surface area contributed by atoms with Gasteiger partial charge in [0.1, 0.15) is 11.5 Å². The van der Waals surface area contributed by atoms with Gasteiger partial charge >= 0.3 is 5.97 Å². The van der Waals surface area contributed by atoms with Gasteiger partial charge in [-0.3, -0.25) is 4.79 Å². The fraction of sp³-hybridized carbons (Fsp3) is 0.250. The van der Waals surface area contributed by atoms with Crippen molar-refractivity contribution in [1.29, 1.82) is 0 Å². The molecule has 0 radical (unpaired) electrons. The van der Waals surface area contributed by atoms with Gasteiger partial charge in [0.05, 0.1) is 25.6 Å². The Labute approximate surface area is 181 Å². The fourth-order valence-electron chi connectivity index (χ4n) is 3.21. The lowest BCUT2D eigenvalue weighted by atomic mass is 10.2. The molecule has 0 spiro atoms. The van der Waals surface area contributed by atoms with Crippen LogP contribution in [0, 0.1) is 13.8 Å². The van der Waals surface area contributed by atoms with Crippen LogP contribution < -0.4 is 10.1 Å². The van der Waals surface area contributed by atoms with Crippen LogP contribution in [0.25, 0.3) is 6.08 Å².